The number of methoxy groups -OCH3 is 2. The summed E-state index contributed by atoms with van der Waals surface area (Å²) < 4.78 is 10.5. The molecule has 3 rings (SSSR count). The van der Waals surface area contributed by atoms with Gasteiger partial charge in [-0.1, -0.05) is 31.0 Å². The highest BCUT2D eigenvalue weighted by Crippen LogP contribution is 2.26. The standard InChI is InChI=1S/C22H26N2O4/c1-27-17-12-11-15(20(14-17)28-2)13-21(25)24-19-10-6-5-9-18(19)22(26)23-16-7-3-4-8-16/h5-6,9-12,14,16H,3-4,7-8,13H2,1-2H3,(H,23,26)(H,24,25). The molecule has 28 heavy (non-hydrogen) atoms. The van der Waals surface area contributed by atoms with Crippen LogP contribution in [0.25, 0.3) is 0 Å². The Morgan fingerprint density at radius 2 is 1.79 bits per heavy atom. The molecule has 0 atom stereocenters. The predicted octanol–water partition coefficient (Wildman–Crippen LogP) is 3.56. The molecule has 2 N–H and O–H groups in total. The van der Waals surface area contributed by atoms with Crippen molar-refractivity contribution in [1.29, 1.82) is 0 Å². The van der Waals surface area contributed by atoms with Crippen LogP contribution in [0.3, 0.4) is 0 Å². The van der Waals surface area contributed by atoms with Crippen LogP contribution < -0.4 is 20.1 Å². The van der Waals surface area contributed by atoms with Gasteiger partial charge in [-0.2, -0.15) is 0 Å². The van der Waals surface area contributed by atoms with Crippen molar-refractivity contribution in [2.45, 2.75) is 38.1 Å². The fourth-order valence-corrected chi connectivity index (χ4v) is 3.49. The van der Waals surface area contributed by atoms with E-state index in [1.54, 1.807) is 56.7 Å². The lowest BCUT2D eigenvalue weighted by atomic mass is 10.1. The molecule has 0 spiro atoms. The number of anilines is 1. The first-order chi connectivity index (χ1) is 13.6. The maximum atomic E-state index is 12.6. The van der Waals surface area contributed by atoms with Crippen molar-refractivity contribution in [3.8, 4) is 11.5 Å². The topological polar surface area (TPSA) is 76.7 Å². The van der Waals surface area contributed by atoms with Gasteiger partial charge >= 0.3 is 0 Å². The second kappa shape index (κ2) is 9.26. The molecule has 0 unspecified atom stereocenters. The minimum absolute atomic E-state index is 0.131. The first-order valence-corrected chi connectivity index (χ1v) is 9.51. The van der Waals surface area contributed by atoms with E-state index in [0.717, 1.165) is 31.2 Å². The maximum absolute atomic E-state index is 12.6. The van der Waals surface area contributed by atoms with E-state index in [1.807, 2.05) is 0 Å². The largest absolute Gasteiger partial charge is 0.497 e. The number of hydrogen-bond donors (Lipinski definition) is 2. The number of hydrogen-bond acceptors (Lipinski definition) is 4. The van der Waals surface area contributed by atoms with Crippen LogP contribution in [0.4, 0.5) is 5.69 Å². The number of carbonyl (C=O) groups excluding carboxylic acids is 2. The maximum Gasteiger partial charge on any atom is 0.253 e. The molecular weight excluding hydrogens is 356 g/mol. The summed E-state index contributed by atoms with van der Waals surface area (Å²) in [4.78, 5) is 25.2. The lowest BCUT2D eigenvalue weighted by molar-refractivity contribution is -0.115. The van der Waals surface area contributed by atoms with Gasteiger partial charge in [0.1, 0.15) is 11.5 Å². The quantitative estimate of drug-likeness (QED) is 0.768. The number of benzene rings is 2. The van der Waals surface area contributed by atoms with E-state index in [4.69, 9.17) is 9.47 Å². The van der Waals surface area contributed by atoms with Crippen LogP contribution in [0.1, 0.15) is 41.6 Å². The molecule has 0 aromatic heterocycles. The van der Waals surface area contributed by atoms with Crippen LogP contribution in [-0.4, -0.2) is 32.1 Å². The smallest absolute Gasteiger partial charge is 0.253 e. The highest BCUT2D eigenvalue weighted by atomic mass is 16.5. The number of para-hydroxylation sites is 1. The zero-order valence-corrected chi connectivity index (χ0v) is 16.3. The normalized spacial score (nSPS) is 13.8. The van der Waals surface area contributed by atoms with Gasteiger partial charge in [-0.15, -0.1) is 0 Å². The Morgan fingerprint density at radius 1 is 1.04 bits per heavy atom. The van der Waals surface area contributed by atoms with Crippen LogP contribution in [0.2, 0.25) is 0 Å². The van der Waals surface area contributed by atoms with E-state index >= 15 is 0 Å². The Balaban J connectivity index is 1.70. The van der Waals surface area contributed by atoms with Gasteiger partial charge in [0.05, 0.1) is 31.9 Å². The van der Waals surface area contributed by atoms with Crippen molar-refractivity contribution < 1.29 is 19.1 Å². The third-order valence-corrected chi connectivity index (χ3v) is 4.98. The Morgan fingerprint density at radius 3 is 2.50 bits per heavy atom. The molecule has 0 radical (unpaired) electrons. The van der Waals surface area contributed by atoms with Crippen LogP contribution >= 0.6 is 0 Å². The minimum Gasteiger partial charge on any atom is -0.497 e. The summed E-state index contributed by atoms with van der Waals surface area (Å²) in [7, 11) is 3.13. The average molecular weight is 382 g/mol. The van der Waals surface area contributed by atoms with Crippen molar-refractivity contribution in [3.05, 3.63) is 53.6 Å². The van der Waals surface area contributed by atoms with Crippen LogP contribution in [-0.2, 0) is 11.2 Å². The second-order valence-corrected chi connectivity index (χ2v) is 6.90. The van der Waals surface area contributed by atoms with Gasteiger partial charge < -0.3 is 20.1 Å². The molecule has 6 nitrogen and oxygen atoms in total. The van der Waals surface area contributed by atoms with Crippen LogP contribution in [0.5, 0.6) is 11.5 Å². The van der Waals surface area contributed by atoms with Gasteiger partial charge in [-0.25, -0.2) is 0 Å². The van der Waals surface area contributed by atoms with Crippen molar-refractivity contribution in [1.82, 2.24) is 5.32 Å². The molecule has 6 heteroatoms. The highest BCUT2D eigenvalue weighted by Gasteiger charge is 2.20. The first-order valence-electron chi connectivity index (χ1n) is 9.51. The zero-order chi connectivity index (χ0) is 19.9. The molecule has 0 bridgehead atoms. The van der Waals surface area contributed by atoms with E-state index in [9.17, 15) is 9.59 Å². The molecule has 2 amide bonds. The fourth-order valence-electron chi connectivity index (χ4n) is 3.49. The minimum atomic E-state index is -0.218. The lowest BCUT2D eigenvalue weighted by Gasteiger charge is -2.15. The van der Waals surface area contributed by atoms with E-state index < -0.39 is 0 Å². The molecule has 1 saturated carbocycles. The summed E-state index contributed by atoms with van der Waals surface area (Å²) in [6.45, 7) is 0. The molecule has 2 aromatic carbocycles. The fraction of sp³-hybridized carbons (Fsp3) is 0.364. The average Bonchev–Trinajstić information content (AvgIpc) is 3.21. The van der Waals surface area contributed by atoms with Crippen molar-refractivity contribution in [2.24, 2.45) is 0 Å². The Hall–Kier alpha value is -3.02. The Labute approximate surface area is 165 Å². The number of rotatable bonds is 7. The highest BCUT2D eigenvalue weighted by molar-refractivity contribution is 6.04. The Bertz CT molecular complexity index is 844. The summed E-state index contributed by atoms with van der Waals surface area (Å²) in [5.74, 6) is 0.881. The van der Waals surface area contributed by atoms with Crippen molar-refractivity contribution >= 4 is 17.5 Å². The molecule has 2 aromatic rings. The molecular formula is C22H26N2O4. The molecule has 148 valence electrons. The van der Waals surface area contributed by atoms with Gasteiger partial charge in [-0.05, 0) is 31.0 Å². The predicted molar refractivity (Wildman–Crippen MR) is 108 cm³/mol. The molecule has 0 aliphatic heterocycles. The van der Waals surface area contributed by atoms with Crippen molar-refractivity contribution in [3.63, 3.8) is 0 Å². The molecule has 0 saturated heterocycles. The first kappa shape index (κ1) is 19.7. The van der Waals surface area contributed by atoms with E-state index in [-0.39, 0.29) is 24.3 Å². The number of nitrogens with one attached hydrogen (secondary N) is 2. The molecule has 1 aliphatic rings. The second-order valence-electron chi connectivity index (χ2n) is 6.90. The third-order valence-electron chi connectivity index (χ3n) is 4.98. The van der Waals surface area contributed by atoms with E-state index in [2.05, 4.69) is 10.6 Å². The number of ether oxygens (including phenoxy) is 2. The van der Waals surface area contributed by atoms with Crippen LogP contribution in [0, 0.1) is 0 Å². The monoisotopic (exact) mass is 382 g/mol. The lowest BCUT2D eigenvalue weighted by Crippen LogP contribution is -2.33. The van der Waals surface area contributed by atoms with E-state index in [0.29, 0.717) is 22.7 Å². The van der Waals surface area contributed by atoms with Crippen LogP contribution in [0.15, 0.2) is 42.5 Å². The van der Waals surface area contributed by atoms with Crippen molar-refractivity contribution in [2.75, 3.05) is 19.5 Å². The summed E-state index contributed by atoms with van der Waals surface area (Å²) in [5.41, 5.74) is 1.73. The summed E-state index contributed by atoms with van der Waals surface area (Å²) >= 11 is 0. The molecule has 1 aliphatic carbocycles. The van der Waals surface area contributed by atoms with Gasteiger partial charge in [-0.3, -0.25) is 9.59 Å². The SMILES string of the molecule is COc1ccc(CC(=O)Nc2ccccc2C(=O)NC2CCCC2)c(OC)c1. The number of amides is 2. The van der Waals surface area contributed by atoms with Gasteiger partial charge in [0.2, 0.25) is 5.91 Å². The Kier molecular flexibility index (Phi) is 6.53. The van der Waals surface area contributed by atoms with Gasteiger partial charge in [0, 0.05) is 17.7 Å². The van der Waals surface area contributed by atoms with Gasteiger partial charge in [0.25, 0.3) is 5.91 Å². The molecule has 0 heterocycles. The summed E-state index contributed by atoms with van der Waals surface area (Å²) in [5, 5.41) is 5.92. The summed E-state index contributed by atoms with van der Waals surface area (Å²) in [6, 6.07) is 12.6. The zero-order valence-electron chi connectivity index (χ0n) is 16.3. The molecule has 1 fully saturated rings. The number of carbonyl (C=O) groups is 2. The summed E-state index contributed by atoms with van der Waals surface area (Å²) in [6.07, 6.45) is 4.45. The van der Waals surface area contributed by atoms with Gasteiger partial charge in [0.15, 0.2) is 0 Å². The third kappa shape index (κ3) is 4.82. The van der Waals surface area contributed by atoms with E-state index in [1.165, 1.54) is 0 Å².